The lowest BCUT2D eigenvalue weighted by molar-refractivity contribution is 0.912. The fourth-order valence-electron chi connectivity index (χ4n) is 2.92. The molecule has 0 radical (unpaired) electrons. The first-order valence-electron chi connectivity index (χ1n) is 7.73. The average Bonchev–Trinajstić information content (AvgIpc) is 3.05. The number of thiazole rings is 1. The van der Waals surface area contributed by atoms with E-state index in [0.717, 1.165) is 22.8 Å². The third kappa shape index (κ3) is 3.47. The van der Waals surface area contributed by atoms with E-state index >= 15 is 0 Å². The number of nitrogens with two attached hydrogens (primary N) is 1. The molecule has 3 rings (SSSR count). The van der Waals surface area contributed by atoms with Gasteiger partial charge in [-0.25, -0.2) is 4.98 Å². The molecule has 1 aromatic carbocycles. The molecule has 22 heavy (non-hydrogen) atoms. The van der Waals surface area contributed by atoms with Crippen molar-refractivity contribution in [3.63, 3.8) is 0 Å². The maximum atomic E-state index is 5.99. The Morgan fingerprint density at radius 2 is 2.14 bits per heavy atom. The Bertz CT molecular complexity index is 703. The summed E-state index contributed by atoms with van der Waals surface area (Å²) in [6.45, 7) is 4.77. The lowest BCUT2D eigenvalue weighted by Crippen LogP contribution is -2.23. The van der Waals surface area contributed by atoms with Crippen LogP contribution in [-0.2, 0) is 19.3 Å². The van der Waals surface area contributed by atoms with Crippen LogP contribution in [-0.4, -0.2) is 17.5 Å². The van der Waals surface area contributed by atoms with Crippen molar-refractivity contribution >= 4 is 23.0 Å². The van der Waals surface area contributed by atoms with Crippen LogP contribution in [0.2, 0.25) is 0 Å². The molecule has 0 aliphatic heterocycles. The van der Waals surface area contributed by atoms with Crippen LogP contribution in [0.1, 0.15) is 33.1 Å². The number of aryl methyl sites for hydroxylation is 4. The first-order valence-corrected chi connectivity index (χ1v) is 8.55. The predicted molar refractivity (Wildman–Crippen MR) is 93.9 cm³/mol. The van der Waals surface area contributed by atoms with Gasteiger partial charge in [-0.05, 0) is 56.4 Å². The zero-order chi connectivity index (χ0) is 15.5. The van der Waals surface area contributed by atoms with Crippen molar-refractivity contribution in [2.24, 2.45) is 10.7 Å². The van der Waals surface area contributed by atoms with Crippen molar-refractivity contribution in [3.8, 4) is 0 Å². The van der Waals surface area contributed by atoms with Crippen LogP contribution >= 0.6 is 11.3 Å². The maximum absolute atomic E-state index is 5.99. The molecular formula is C17H22N4S. The van der Waals surface area contributed by atoms with E-state index in [1.165, 1.54) is 35.3 Å². The van der Waals surface area contributed by atoms with Crippen molar-refractivity contribution in [2.75, 3.05) is 11.9 Å². The molecule has 4 nitrogen and oxygen atoms in total. The summed E-state index contributed by atoms with van der Waals surface area (Å²) >= 11 is 1.74. The summed E-state index contributed by atoms with van der Waals surface area (Å²) in [4.78, 5) is 10.2. The normalized spacial score (nSPS) is 14.2. The lowest BCUT2D eigenvalue weighted by Gasteiger charge is -2.08. The Balaban J connectivity index is 1.57. The number of guanidine groups is 1. The Morgan fingerprint density at radius 1 is 1.32 bits per heavy atom. The zero-order valence-electron chi connectivity index (χ0n) is 13.1. The number of anilines is 1. The summed E-state index contributed by atoms with van der Waals surface area (Å²) in [5.41, 5.74) is 11.0. The van der Waals surface area contributed by atoms with Crippen molar-refractivity contribution in [1.29, 1.82) is 0 Å². The molecule has 1 aromatic heterocycles. The van der Waals surface area contributed by atoms with Crippen LogP contribution in [0.25, 0.3) is 0 Å². The van der Waals surface area contributed by atoms with Gasteiger partial charge in [0.05, 0.1) is 10.7 Å². The minimum Gasteiger partial charge on any atom is -0.370 e. The van der Waals surface area contributed by atoms with Gasteiger partial charge in [0.2, 0.25) is 0 Å². The molecule has 0 spiro atoms. The number of hydrogen-bond acceptors (Lipinski definition) is 3. The van der Waals surface area contributed by atoms with Gasteiger partial charge in [-0.15, -0.1) is 11.3 Å². The fraction of sp³-hybridized carbons (Fsp3) is 0.412. The summed E-state index contributed by atoms with van der Waals surface area (Å²) < 4.78 is 0. The summed E-state index contributed by atoms with van der Waals surface area (Å²) in [6, 6.07) is 6.48. The van der Waals surface area contributed by atoms with Crippen molar-refractivity contribution in [3.05, 3.63) is 44.9 Å². The summed E-state index contributed by atoms with van der Waals surface area (Å²) in [5, 5.41) is 4.31. The van der Waals surface area contributed by atoms with E-state index in [1.54, 1.807) is 11.3 Å². The van der Waals surface area contributed by atoms with Gasteiger partial charge in [0.15, 0.2) is 5.96 Å². The number of nitrogens with zero attached hydrogens (tertiary/aromatic N) is 2. The van der Waals surface area contributed by atoms with Crippen molar-refractivity contribution in [1.82, 2.24) is 4.98 Å². The van der Waals surface area contributed by atoms with Crippen LogP contribution in [0.4, 0.5) is 5.69 Å². The number of rotatable bonds is 4. The second-order valence-electron chi connectivity index (χ2n) is 5.72. The van der Waals surface area contributed by atoms with Gasteiger partial charge in [-0.1, -0.05) is 6.07 Å². The van der Waals surface area contributed by atoms with Gasteiger partial charge in [0.1, 0.15) is 0 Å². The largest absolute Gasteiger partial charge is 0.370 e. The molecule has 5 heteroatoms. The molecule has 1 heterocycles. The first-order chi connectivity index (χ1) is 10.6. The van der Waals surface area contributed by atoms with Crippen LogP contribution in [0.5, 0.6) is 0 Å². The van der Waals surface area contributed by atoms with Crippen molar-refractivity contribution < 1.29 is 0 Å². The van der Waals surface area contributed by atoms with Gasteiger partial charge in [-0.3, -0.25) is 4.99 Å². The highest BCUT2D eigenvalue weighted by atomic mass is 32.1. The van der Waals surface area contributed by atoms with E-state index in [9.17, 15) is 0 Å². The smallest absolute Gasteiger partial charge is 0.193 e. The second-order valence-corrected chi connectivity index (χ2v) is 7.01. The molecule has 0 atom stereocenters. The molecule has 0 amide bonds. The van der Waals surface area contributed by atoms with Gasteiger partial charge >= 0.3 is 0 Å². The summed E-state index contributed by atoms with van der Waals surface area (Å²) in [5.74, 6) is 0.483. The van der Waals surface area contributed by atoms with E-state index in [1.807, 2.05) is 6.92 Å². The monoisotopic (exact) mass is 314 g/mol. The van der Waals surface area contributed by atoms with Crippen LogP contribution in [0.15, 0.2) is 23.2 Å². The molecule has 0 saturated heterocycles. The predicted octanol–water partition coefficient (Wildman–Crippen LogP) is 3.22. The highest BCUT2D eigenvalue weighted by molar-refractivity contribution is 7.11. The minimum atomic E-state index is 0.483. The van der Waals surface area contributed by atoms with Gasteiger partial charge < -0.3 is 11.1 Å². The van der Waals surface area contributed by atoms with Crippen LogP contribution in [0, 0.1) is 13.8 Å². The highest BCUT2D eigenvalue weighted by Crippen LogP contribution is 2.24. The summed E-state index contributed by atoms with van der Waals surface area (Å²) in [7, 11) is 0. The zero-order valence-corrected chi connectivity index (χ0v) is 14.0. The molecule has 2 aromatic rings. The van der Waals surface area contributed by atoms with Crippen LogP contribution < -0.4 is 11.1 Å². The van der Waals surface area contributed by atoms with Gasteiger partial charge in [-0.2, -0.15) is 0 Å². The third-order valence-corrected chi connectivity index (χ3v) is 5.12. The fourth-order valence-corrected chi connectivity index (χ4v) is 3.85. The quantitative estimate of drug-likeness (QED) is 0.673. The molecule has 1 aliphatic carbocycles. The molecule has 0 fully saturated rings. The lowest BCUT2D eigenvalue weighted by atomic mass is 10.1. The number of benzene rings is 1. The first kappa shape index (κ1) is 15.0. The topological polar surface area (TPSA) is 63.3 Å². The Morgan fingerprint density at radius 3 is 2.91 bits per heavy atom. The SMILES string of the molecule is Cc1nc(C)c(CCN=C(N)Nc2ccc3c(c2)CCC3)s1. The number of nitrogens with one attached hydrogen (secondary N) is 1. The standard InChI is InChI=1S/C17H22N4S/c1-11-16(22-12(2)20-11)8-9-19-17(18)21-15-7-6-13-4-3-5-14(13)10-15/h6-7,10H,3-5,8-9H2,1-2H3,(H3,18,19,21). The van der Waals surface area contributed by atoms with E-state index < -0.39 is 0 Å². The summed E-state index contributed by atoms with van der Waals surface area (Å²) in [6.07, 6.45) is 4.53. The highest BCUT2D eigenvalue weighted by Gasteiger charge is 2.10. The Kier molecular flexibility index (Phi) is 4.43. The molecule has 0 bridgehead atoms. The molecule has 3 N–H and O–H groups in total. The number of fused-ring (bicyclic) bond motifs is 1. The molecule has 116 valence electrons. The van der Waals surface area contributed by atoms with E-state index in [0.29, 0.717) is 12.5 Å². The second kappa shape index (κ2) is 6.48. The van der Waals surface area contributed by atoms with E-state index in [4.69, 9.17) is 5.73 Å². The average molecular weight is 314 g/mol. The Hall–Kier alpha value is -1.88. The third-order valence-electron chi connectivity index (χ3n) is 3.99. The molecular weight excluding hydrogens is 292 g/mol. The molecule has 1 aliphatic rings. The maximum Gasteiger partial charge on any atom is 0.193 e. The number of aromatic nitrogens is 1. The van der Waals surface area contributed by atoms with E-state index in [2.05, 4.69) is 40.4 Å². The van der Waals surface area contributed by atoms with Gasteiger partial charge in [0, 0.05) is 23.5 Å². The molecule has 0 saturated carbocycles. The Labute approximate surface area is 135 Å². The number of aliphatic imine (C=N–C) groups is 1. The van der Waals surface area contributed by atoms with Crippen molar-refractivity contribution in [2.45, 2.75) is 39.5 Å². The van der Waals surface area contributed by atoms with E-state index in [-0.39, 0.29) is 0 Å². The number of hydrogen-bond donors (Lipinski definition) is 2. The van der Waals surface area contributed by atoms with Gasteiger partial charge in [0.25, 0.3) is 0 Å². The molecule has 0 unspecified atom stereocenters. The minimum absolute atomic E-state index is 0.483. The van der Waals surface area contributed by atoms with Crippen LogP contribution in [0.3, 0.4) is 0 Å².